The lowest BCUT2D eigenvalue weighted by atomic mass is 10.2. The summed E-state index contributed by atoms with van der Waals surface area (Å²) < 4.78 is 18.9. The lowest BCUT2D eigenvalue weighted by Crippen LogP contribution is -2.46. The van der Waals surface area contributed by atoms with E-state index in [2.05, 4.69) is 34.4 Å². The average molecular weight is 464 g/mol. The molecule has 1 aromatic rings. The zero-order chi connectivity index (χ0) is 17.4. The molecule has 1 fully saturated rings. The quantitative estimate of drug-likeness (QED) is 0.294. The van der Waals surface area contributed by atoms with Crippen LogP contribution in [0.2, 0.25) is 0 Å². The molecule has 0 amide bonds. The number of nitrogens with zero attached hydrogens (tertiary/aromatic N) is 2. The van der Waals surface area contributed by atoms with Gasteiger partial charge in [-0.05, 0) is 38.0 Å². The summed E-state index contributed by atoms with van der Waals surface area (Å²) in [6.45, 7) is 8.69. The van der Waals surface area contributed by atoms with Crippen molar-refractivity contribution in [3.05, 3.63) is 35.6 Å². The molecule has 0 radical (unpaired) electrons. The zero-order valence-corrected chi connectivity index (χ0v) is 17.6. The molecule has 25 heavy (non-hydrogen) atoms. The van der Waals surface area contributed by atoms with E-state index in [0.717, 1.165) is 44.1 Å². The standard InChI is InChI=1S/C18H29FN4O.HI/c1-14-12-23(13-15(2)24-14)9-5-8-21-18(20-3)22-11-16-6-4-7-17(19)10-16;/h4,6-7,10,14-15H,5,8-9,11-13H2,1-3H3,(H2,20,21,22);1H. The summed E-state index contributed by atoms with van der Waals surface area (Å²) in [5.74, 6) is 0.522. The molecular formula is C18H30FIN4O. The fourth-order valence-electron chi connectivity index (χ4n) is 3.03. The van der Waals surface area contributed by atoms with Crippen LogP contribution in [0.1, 0.15) is 25.8 Å². The normalized spacial score (nSPS) is 21.5. The molecule has 0 bridgehead atoms. The maximum Gasteiger partial charge on any atom is 0.191 e. The predicted molar refractivity (Wildman–Crippen MR) is 111 cm³/mol. The monoisotopic (exact) mass is 464 g/mol. The van der Waals surface area contributed by atoms with E-state index in [4.69, 9.17) is 4.74 Å². The van der Waals surface area contributed by atoms with E-state index in [1.165, 1.54) is 12.1 Å². The number of guanidine groups is 1. The van der Waals surface area contributed by atoms with Crippen LogP contribution in [0.4, 0.5) is 4.39 Å². The molecule has 142 valence electrons. The molecule has 0 aromatic heterocycles. The number of ether oxygens (including phenoxy) is 1. The van der Waals surface area contributed by atoms with Gasteiger partial charge in [0.15, 0.2) is 5.96 Å². The van der Waals surface area contributed by atoms with Gasteiger partial charge in [0, 0.05) is 39.8 Å². The van der Waals surface area contributed by atoms with Gasteiger partial charge in [0.2, 0.25) is 0 Å². The van der Waals surface area contributed by atoms with E-state index in [9.17, 15) is 4.39 Å². The topological polar surface area (TPSA) is 48.9 Å². The van der Waals surface area contributed by atoms with Crippen molar-refractivity contribution in [3.8, 4) is 0 Å². The Kier molecular flexibility index (Phi) is 10.3. The minimum Gasteiger partial charge on any atom is -0.373 e. The smallest absolute Gasteiger partial charge is 0.191 e. The van der Waals surface area contributed by atoms with Gasteiger partial charge in [0.1, 0.15) is 5.82 Å². The van der Waals surface area contributed by atoms with Gasteiger partial charge < -0.3 is 15.4 Å². The van der Waals surface area contributed by atoms with Crippen LogP contribution in [0.3, 0.4) is 0 Å². The molecule has 2 unspecified atom stereocenters. The Labute approximate surface area is 167 Å². The fourth-order valence-corrected chi connectivity index (χ4v) is 3.03. The maximum atomic E-state index is 13.2. The van der Waals surface area contributed by atoms with Crippen molar-refractivity contribution in [2.45, 2.75) is 39.0 Å². The van der Waals surface area contributed by atoms with Crippen molar-refractivity contribution in [2.75, 3.05) is 33.2 Å². The van der Waals surface area contributed by atoms with Crippen LogP contribution in [-0.4, -0.2) is 56.3 Å². The Morgan fingerprint density at radius 2 is 2.00 bits per heavy atom. The number of benzene rings is 1. The van der Waals surface area contributed by atoms with E-state index in [-0.39, 0.29) is 29.8 Å². The molecule has 1 heterocycles. The lowest BCUT2D eigenvalue weighted by Gasteiger charge is -2.35. The van der Waals surface area contributed by atoms with Crippen LogP contribution in [0.15, 0.2) is 29.3 Å². The number of aliphatic imine (C=N–C) groups is 1. The molecule has 2 atom stereocenters. The Morgan fingerprint density at radius 1 is 1.28 bits per heavy atom. The Hall–Kier alpha value is -0.930. The van der Waals surface area contributed by atoms with Crippen LogP contribution < -0.4 is 10.6 Å². The second-order valence-corrected chi connectivity index (χ2v) is 6.35. The molecule has 7 heteroatoms. The molecule has 1 saturated heterocycles. The largest absolute Gasteiger partial charge is 0.373 e. The lowest BCUT2D eigenvalue weighted by molar-refractivity contribution is -0.0679. The fraction of sp³-hybridized carbons (Fsp3) is 0.611. The highest BCUT2D eigenvalue weighted by Gasteiger charge is 2.21. The predicted octanol–water partition coefficient (Wildman–Crippen LogP) is 2.61. The molecule has 0 saturated carbocycles. The molecule has 5 nitrogen and oxygen atoms in total. The summed E-state index contributed by atoms with van der Waals surface area (Å²) in [4.78, 5) is 6.65. The second-order valence-electron chi connectivity index (χ2n) is 6.35. The van der Waals surface area contributed by atoms with Gasteiger partial charge in [0.25, 0.3) is 0 Å². The van der Waals surface area contributed by atoms with Crippen molar-refractivity contribution >= 4 is 29.9 Å². The highest BCUT2D eigenvalue weighted by Crippen LogP contribution is 2.10. The van der Waals surface area contributed by atoms with Crippen molar-refractivity contribution in [3.63, 3.8) is 0 Å². The first-order chi connectivity index (χ1) is 11.6. The van der Waals surface area contributed by atoms with Gasteiger partial charge in [-0.2, -0.15) is 0 Å². The van der Waals surface area contributed by atoms with Crippen molar-refractivity contribution < 1.29 is 9.13 Å². The van der Waals surface area contributed by atoms with Gasteiger partial charge in [-0.15, -0.1) is 24.0 Å². The Balaban J connectivity index is 0.00000312. The molecule has 1 aromatic carbocycles. The summed E-state index contributed by atoms with van der Waals surface area (Å²) in [6, 6.07) is 6.59. The second kappa shape index (κ2) is 11.6. The summed E-state index contributed by atoms with van der Waals surface area (Å²) in [5.41, 5.74) is 0.897. The number of hydrogen-bond donors (Lipinski definition) is 2. The first-order valence-electron chi connectivity index (χ1n) is 8.63. The average Bonchev–Trinajstić information content (AvgIpc) is 2.53. The van der Waals surface area contributed by atoms with Gasteiger partial charge in [-0.3, -0.25) is 9.89 Å². The van der Waals surface area contributed by atoms with Gasteiger partial charge in [-0.25, -0.2) is 4.39 Å². The molecule has 0 spiro atoms. The van der Waals surface area contributed by atoms with E-state index in [1.807, 2.05) is 6.07 Å². The van der Waals surface area contributed by atoms with Gasteiger partial charge >= 0.3 is 0 Å². The Morgan fingerprint density at radius 3 is 2.64 bits per heavy atom. The molecule has 1 aliphatic heterocycles. The zero-order valence-electron chi connectivity index (χ0n) is 15.3. The molecule has 1 aliphatic rings. The number of nitrogens with one attached hydrogen (secondary N) is 2. The molecule has 2 N–H and O–H groups in total. The van der Waals surface area contributed by atoms with Crippen LogP contribution >= 0.6 is 24.0 Å². The summed E-state index contributed by atoms with van der Waals surface area (Å²) in [5, 5.41) is 6.51. The number of rotatable bonds is 6. The Bertz CT molecular complexity index is 534. The number of morpholine rings is 1. The van der Waals surface area contributed by atoms with Crippen molar-refractivity contribution in [2.24, 2.45) is 4.99 Å². The maximum absolute atomic E-state index is 13.2. The highest BCUT2D eigenvalue weighted by molar-refractivity contribution is 14.0. The van der Waals surface area contributed by atoms with E-state index < -0.39 is 0 Å². The number of halogens is 2. The van der Waals surface area contributed by atoms with Crippen LogP contribution in [0.5, 0.6) is 0 Å². The molecule has 0 aliphatic carbocycles. The first kappa shape index (κ1) is 22.1. The minimum absolute atomic E-state index is 0. The van der Waals surface area contributed by atoms with Crippen molar-refractivity contribution in [1.82, 2.24) is 15.5 Å². The summed E-state index contributed by atoms with van der Waals surface area (Å²) >= 11 is 0. The van der Waals surface area contributed by atoms with E-state index in [0.29, 0.717) is 18.8 Å². The first-order valence-corrected chi connectivity index (χ1v) is 8.63. The molecule has 2 rings (SSSR count). The van der Waals surface area contributed by atoms with Crippen LogP contribution in [0.25, 0.3) is 0 Å². The van der Waals surface area contributed by atoms with Crippen LogP contribution in [0, 0.1) is 5.82 Å². The summed E-state index contributed by atoms with van der Waals surface area (Å²) in [7, 11) is 1.74. The number of hydrogen-bond acceptors (Lipinski definition) is 3. The van der Waals surface area contributed by atoms with Crippen LogP contribution in [-0.2, 0) is 11.3 Å². The van der Waals surface area contributed by atoms with E-state index in [1.54, 1.807) is 13.1 Å². The third-order valence-electron chi connectivity index (χ3n) is 4.01. The highest BCUT2D eigenvalue weighted by atomic mass is 127. The summed E-state index contributed by atoms with van der Waals surface area (Å²) in [6.07, 6.45) is 1.66. The molecular weight excluding hydrogens is 434 g/mol. The van der Waals surface area contributed by atoms with E-state index >= 15 is 0 Å². The minimum atomic E-state index is -0.216. The third kappa shape index (κ3) is 8.33. The van der Waals surface area contributed by atoms with Crippen molar-refractivity contribution in [1.29, 1.82) is 0 Å². The third-order valence-corrected chi connectivity index (χ3v) is 4.01. The SMILES string of the molecule is CN=C(NCCCN1CC(C)OC(C)C1)NCc1cccc(F)c1.I. The van der Waals surface area contributed by atoms with Gasteiger partial charge in [-0.1, -0.05) is 12.1 Å². The van der Waals surface area contributed by atoms with Gasteiger partial charge in [0.05, 0.1) is 12.2 Å².